The molecule has 1 N–H and O–H groups in total. The summed E-state index contributed by atoms with van der Waals surface area (Å²) in [5, 5.41) is 3.97. The molecule has 0 saturated carbocycles. The van der Waals surface area contributed by atoms with E-state index in [0.717, 1.165) is 38.0 Å². The zero-order valence-electron chi connectivity index (χ0n) is 27.8. The zero-order valence-corrected chi connectivity index (χ0v) is 29.4. The molecule has 3 aliphatic heterocycles. The Morgan fingerprint density at radius 2 is 1.61 bits per heavy atom. The first-order valence-corrected chi connectivity index (χ1v) is 17.0. The Bertz CT molecular complexity index is 1670. The van der Waals surface area contributed by atoms with Gasteiger partial charge in [0.2, 0.25) is 0 Å². The van der Waals surface area contributed by atoms with Gasteiger partial charge in [-0.2, -0.15) is 0 Å². The maximum Gasteiger partial charge on any atom is 0.338 e. The Labute approximate surface area is 296 Å². The number of halogens is 3. The van der Waals surface area contributed by atoms with Crippen LogP contribution in [0.3, 0.4) is 0 Å². The maximum absolute atomic E-state index is 13.7. The average molecular weight is 712 g/mol. The van der Waals surface area contributed by atoms with E-state index in [2.05, 4.69) is 16.8 Å². The summed E-state index contributed by atoms with van der Waals surface area (Å²) in [6.45, 7) is 8.62. The van der Waals surface area contributed by atoms with Crippen LogP contribution in [0.1, 0.15) is 65.4 Å². The van der Waals surface area contributed by atoms with Crippen LogP contribution in [0.5, 0.6) is 11.5 Å². The highest BCUT2D eigenvalue weighted by Crippen LogP contribution is 2.37. The number of methoxy groups -OCH3 is 2. The number of benzene rings is 3. The van der Waals surface area contributed by atoms with Crippen LogP contribution >= 0.6 is 23.2 Å². The number of allylic oxidation sites excluding steroid dienone is 2. The molecule has 3 heterocycles. The van der Waals surface area contributed by atoms with Crippen LogP contribution in [0.4, 0.5) is 4.39 Å². The van der Waals surface area contributed by atoms with Gasteiger partial charge in [-0.1, -0.05) is 60.1 Å². The lowest BCUT2D eigenvalue weighted by atomic mass is 9.86. The molecular weight excluding hydrogens is 670 g/mol. The van der Waals surface area contributed by atoms with E-state index in [4.69, 9.17) is 42.1 Å². The summed E-state index contributed by atoms with van der Waals surface area (Å²) in [6.07, 6.45) is 1.29. The predicted molar refractivity (Wildman–Crippen MR) is 187 cm³/mol. The second kappa shape index (κ2) is 16.7. The minimum Gasteiger partial charge on any atom is -0.493 e. The summed E-state index contributed by atoms with van der Waals surface area (Å²) in [5.74, 6) is 0.0182. The number of rotatable bonds is 14. The largest absolute Gasteiger partial charge is 0.493 e. The molecule has 49 heavy (non-hydrogen) atoms. The molecule has 0 aliphatic carbocycles. The molecule has 3 aromatic carbocycles. The molecule has 0 radical (unpaired) electrons. The van der Waals surface area contributed by atoms with Crippen molar-refractivity contribution in [1.82, 2.24) is 10.2 Å². The van der Waals surface area contributed by atoms with Crippen LogP contribution in [-0.4, -0.2) is 56.8 Å². The normalized spacial score (nSPS) is 20.1. The van der Waals surface area contributed by atoms with Gasteiger partial charge in [-0.25, -0.2) is 14.0 Å². The lowest BCUT2D eigenvalue weighted by Gasteiger charge is -2.44. The third-order valence-electron chi connectivity index (χ3n) is 9.16. The second-order valence-corrected chi connectivity index (χ2v) is 13.3. The minimum absolute atomic E-state index is 0.157. The molecule has 3 atom stereocenters. The van der Waals surface area contributed by atoms with Crippen molar-refractivity contribution in [3.05, 3.63) is 117 Å². The Morgan fingerprint density at radius 3 is 2.18 bits per heavy atom. The fourth-order valence-corrected chi connectivity index (χ4v) is 6.79. The first-order chi connectivity index (χ1) is 23.6. The zero-order chi connectivity index (χ0) is 35.1. The summed E-state index contributed by atoms with van der Waals surface area (Å²) in [7, 11) is 3.06. The lowest BCUT2D eigenvalue weighted by Crippen LogP contribution is -2.52. The van der Waals surface area contributed by atoms with Crippen molar-refractivity contribution in [2.24, 2.45) is 5.92 Å². The number of carbonyl (C=O) groups excluding carboxylic acids is 2. The Kier molecular flexibility index (Phi) is 12.4. The number of esters is 2. The van der Waals surface area contributed by atoms with Crippen LogP contribution in [0.15, 0.2) is 88.9 Å². The SMILES string of the molecule is C=C(Cl)/C(C[C@H](OC(=O)c1ccc(CNC(C(=O)O[C@H]2CN3CCC2CC3)c2ccc(F)cc2)cc1)c1ccc(OC)c(OC)c1)=C(\C)Cl. The van der Waals surface area contributed by atoms with Gasteiger partial charge in [-0.15, -0.1) is 0 Å². The van der Waals surface area contributed by atoms with Gasteiger partial charge in [0.25, 0.3) is 0 Å². The van der Waals surface area contributed by atoms with Gasteiger partial charge in [-0.05, 0) is 97.4 Å². The van der Waals surface area contributed by atoms with Gasteiger partial charge in [0.05, 0.1) is 19.8 Å². The van der Waals surface area contributed by atoms with Crippen molar-refractivity contribution in [2.75, 3.05) is 33.9 Å². The fraction of sp³-hybridized carbons (Fsp3) is 0.368. The molecule has 11 heteroatoms. The molecule has 3 saturated heterocycles. The van der Waals surface area contributed by atoms with Gasteiger partial charge in [0, 0.05) is 29.6 Å². The first-order valence-electron chi connectivity index (χ1n) is 16.2. The highest BCUT2D eigenvalue weighted by Gasteiger charge is 2.38. The number of hydrogen-bond donors (Lipinski definition) is 1. The molecule has 1 unspecified atom stereocenters. The molecule has 3 aromatic rings. The van der Waals surface area contributed by atoms with Crippen LogP contribution in [0.2, 0.25) is 0 Å². The second-order valence-electron chi connectivity index (χ2n) is 12.3. The van der Waals surface area contributed by atoms with E-state index >= 15 is 0 Å². The summed E-state index contributed by atoms with van der Waals surface area (Å²) >= 11 is 12.6. The van der Waals surface area contributed by atoms with E-state index in [1.54, 1.807) is 61.5 Å². The van der Waals surface area contributed by atoms with Crippen molar-refractivity contribution >= 4 is 35.1 Å². The van der Waals surface area contributed by atoms with E-state index in [9.17, 15) is 14.0 Å². The number of nitrogens with one attached hydrogen (secondary N) is 1. The van der Waals surface area contributed by atoms with E-state index < -0.39 is 24.1 Å². The topological polar surface area (TPSA) is 86.3 Å². The van der Waals surface area contributed by atoms with Gasteiger partial charge in [0.1, 0.15) is 24.1 Å². The number of hydrogen-bond acceptors (Lipinski definition) is 8. The van der Waals surface area contributed by atoms with Gasteiger partial charge >= 0.3 is 11.9 Å². The quantitative estimate of drug-likeness (QED) is 0.134. The van der Waals surface area contributed by atoms with Crippen LogP contribution < -0.4 is 14.8 Å². The standard InChI is InChI=1S/C38H41Cl2FN2O6/c1-23(39)31(24(2)40)20-33(29-11-14-32(46-3)34(19-29)47-4)48-37(44)28-7-5-25(6-8-28)21-42-36(27-9-12-30(41)13-10-27)38(45)49-35-22-43-17-15-26(35)16-18-43/h5-14,19,26,33,35-36,42H,1,15-18,20-22H2,2-4H3/b31-24+/t33-,35-,36?/m0/s1. The number of ether oxygens (including phenoxy) is 4. The van der Waals surface area contributed by atoms with Crippen molar-refractivity contribution < 1.29 is 32.9 Å². The third kappa shape index (κ3) is 9.22. The van der Waals surface area contributed by atoms with E-state index in [0.29, 0.717) is 51.3 Å². The fourth-order valence-electron chi connectivity index (χ4n) is 6.33. The predicted octanol–water partition coefficient (Wildman–Crippen LogP) is 7.86. The number of nitrogens with zero attached hydrogens (tertiary/aromatic N) is 1. The average Bonchev–Trinajstić information content (AvgIpc) is 3.10. The molecule has 0 spiro atoms. The highest BCUT2D eigenvalue weighted by atomic mass is 35.5. The van der Waals surface area contributed by atoms with Gasteiger partial charge in [-0.3, -0.25) is 10.2 Å². The minimum atomic E-state index is -0.799. The summed E-state index contributed by atoms with van der Waals surface area (Å²) in [4.78, 5) is 29.3. The molecule has 0 amide bonds. The van der Waals surface area contributed by atoms with Gasteiger partial charge < -0.3 is 18.9 Å². The number of piperidine rings is 3. The molecule has 3 fully saturated rings. The van der Waals surface area contributed by atoms with E-state index in [1.807, 2.05) is 0 Å². The van der Waals surface area contributed by atoms with Crippen molar-refractivity contribution in [1.29, 1.82) is 0 Å². The monoisotopic (exact) mass is 710 g/mol. The Morgan fingerprint density at radius 1 is 0.959 bits per heavy atom. The molecule has 6 rings (SSSR count). The summed E-state index contributed by atoms with van der Waals surface area (Å²) < 4.78 is 36.6. The van der Waals surface area contributed by atoms with E-state index in [1.165, 1.54) is 26.4 Å². The Hall–Kier alpha value is -3.89. The van der Waals surface area contributed by atoms with Crippen LogP contribution in [-0.2, 0) is 20.8 Å². The maximum atomic E-state index is 13.7. The first kappa shape index (κ1) is 36.4. The summed E-state index contributed by atoms with van der Waals surface area (Å²) in [6, 6.07) is 17.2. The summed E-state index contributed by atoms with van der Waals surface area (Å²) in [5.41, 5.74) is 2.95. The molecule has 260 valence electrons. The molecule has 2 bridgehead atoms. The van der Waals surface area contributed by atoms with Gasteiger partial charge in [0.15, 0.2) is 11.5 Å². The number of carbonyl (C=O) groups is 2. The van der Waals surface area contributed by atoms with E-state index in [-0.39, 0.29) is 23.4 Å². The molecule has 3 aliphatic rings. The van der Waals surface area contributed by atoms with Crippen molar-refractivity contribution in [3.63, 3.8) is 0 Å². The van der Waals surface area contributed by atoms with Crippen LogP contribution in [0, 0.1) is 11.7 Å². The van der Waals surface area contributed by atoms with Crippen molar-refractivity contribution in [3.8, 4) is 11.5 Å². The Balaban J connectivity index is 1.29. The number of fused-ring (bicyclic) bond motifs is 3. The van der Waals surface area contributed by atoms with Crippen LogP contribution in [0.25, 0.3) is 0 Å². The molecule has 8 nitrogen and oxygen atoms in total. The van der Waals surface area contributed by atoms with Crippen molar-refractivity contribution in [2.45, 2.75) is 51.0 Å². The molecular formula is C38H41Cl2FN2O6. The molecule has 0 aromatic heterocycles. The third-order valence-corrected chi connectivity index (χ3v) is 9.62. The smallest absolute Gasteiger partial charge is 0.338 e. The highest BCUT2D eigenvalue weighted by molar-refractivity contribution is 6.35. The lowest BCUT2D eigenvalue weighted by molar-refractivity contribution is -0.161.